The minimum atomic E-state index is -0.531. The van der Waals surface area contributed by atoms with Crippen LogP contribution in [-0.2, 0) is 0 Å². The number of nitrogen functional groups attached to an aromatic ring is 1. The van der Waals surface area contributed by atoms with Crippen LogP contribution >= 0.6 is 0 Å². The first-order valence-corrected chi connectivity index (χ1v) is 6.04. The van der Waals surface area contributed by atoms with Crippen molar-refractivity contribution in [1.29, 1.82) is 0 Å². The summed E-state index contributed by atoms with van der Waals surface area (Å²) in [5.74, 6) is 0.531. The Labute approximate surface area is 105 Å². The maximum atomic E-state index is 10.6. The summed E-state index contributed by atoms with van der Waals surface area (Å²) in [6.45, 7) is 4.03. The number of nitrogens with zero attached hydrogens (tertiary/aromatic N) is 3. The summed E-state index contributed by atoms with van der Waals surface area (Å²) in [6.07, 6.45) is 2.53. The molecule has 1 aromatic heterocycles. The highest BCUT2D eigenvalue weighted by molar-refractivity contribution is 5.57. The fraction of sp³-hybridized carbons (Fsp3) is 0.545. The topological polar surface area (TPSA) is 97.3 Å². The van der Waals surface area contributed by atoms with Gasteiger partial charge in [0.05, 0.1) is 4.92 Å². The van der Waals surface area contributed by atoms with Crippen LogP contribution in [0, 0.1) is 10.1 Å². The molecule has 7 heteroatoms. The molecule has 0 aromatic carbocycles. The Balaban J connectivity index is 1.85. The monoisotopic (exact) mass is 251 g/mol. The molecule has 0 bridgehead atoms. The maximum absolute atomic E-state index is 10.6. The summed E-state index contributed by atoms with van der Waals surface area (Å²) in [7, 11) is 0. The van der Waals surface area contributed by atoms with E-state index in [-0.39, 0.29) is 11.5 Å². The predicted octanol–water partition coefficient (Wildman–Crippen LogP) is 1.08. The molecule has 1 saturated heterocycles. The number of hydrogen-bond acceptors (Lipinski definition) is 6. The first kappa shape index (κ1) is 12.6. The van der Waals surface area contributed by atoms with Crippen LogP contribution in [0.5, 0.6) is 0 Å². The van der Waals surface area contributed by atoms with E-state index in [2.05, 4.69) is 15.2 Å². The lowest BCUT2D eigenvalue weighted by atomic mass is 10.4. The maximum Gasteiger partial charge on any atom is 0.311 e. The van der Waals surface area contributed by atoms with Gasteiger partial charge in [-0.05, 0) is 32.0 Å². The van der Waals surface area contributed by atoms with Crippen molar-refractivity contribution in [1.82, 2.24) is 9.88 Å². The summed E-state index contributed by atoms with van der Waals surface area (Å²) < 4.78 is 0. The van der Waals surface area contributed by atoms with Crippen LogP contribution in [-0.4, -0.2) is 41.0 Å². The first-order valence-electron chi connectivity index (χ1n) is 6.04. The number of nitro groups is 1. The standard InChI is InChI=1S/C11H17N5O2/c12-11-9(16(17)18)3-4-10(14-11)13-5-8-15-6-1-2-7-15/h3-4H,1-2,5-8H2,(H3,12,13,14). The number of nitrogens with one attached hydrogen (secondary N) is 1. The molecule has 0 saturated carbocycles. The van der Waals surface area contributed by atoms with Gasteiger partial charge in [0, 0.05) is 19.2 Å². The predicted molar refractivity (Wildman–Crippen MR) is 69.5 cm³/mol. The first-order chi connectivity index (χ1) is 8.66. The summed E-state index contributed by atoms with van der Waals surface area (Å²) in [6, 6.07) is 2.96. The van der Waals surface area contributed by atoms with E-state index in [0.717, 1.165) is 26.2 Å². The van der Waals surface area contributed by atoms with Crippen molar-refractivity contribution in [3.05, 3.63) is 22.2 Å². The normalized spacial score (nSPS) is 15.8. The van der Waals surface area contributed by atoms with Crippen LogP contribution in [0.2, 0.25) is 0 Å². The molecule has 98 valence electrons. The van der Waals surface area contributed by atoms with Gasteiger partial charge in [0.15, 0.2) is 0 Å². The van der Waals surface area contributed by atoms with Crippen LogP contribution in [0.4, 0.5) is 17.3 Å². The third kappa shape index (κ3) is 3.07. The third-order valence-corrected chi connectivity index (χ3v) is 3.03. The lowest BCUT2D eigenvalue weighted by Crippen LogP contribution is -2.26. The fourth-order valence-electron chi connectivity index (χ4n) is 2.07. The highest BCUT2D eigenvalue weighted by Gasteiger charge is 2.13. The SMILES string of the molecule is Nc1nc(NCCN2CCCC2)ccc1[N+](=O)[O-]. The second-order valence-corrected chi connectivity index (χ2v) is 4.33. The average Bonchev–Trinajstić information content (AvgIpc) is 2.81. The highest BCUT2D eigenvalue weighted by atomic mass is 16.6. The minimum Gasteiger partial charge on any atom is -0.378 e. The van der Waals surface area contributed by atoms with Crippen LogP contribution in [0.25, 0.3) is 0 Å². The number of pyridine rings is 1. The number of rotatable bonds is 5. The van der Waals surface area contributed by atoms with Crippen molar-refractivity contribution in [3.8, 4) is 0 Å². The molecule has 1 aromatic rings. The van der Waals surface area contributed by atoms with Gasteiger partial charge in [-0.3, -0.25) is 10.1 Å². The largest absolute Gasteiger partial charge is 0.378 e. The van der Waals surface area contributed by atoms with E-state index in [1.807, 2.05) is 0 Å². The number of nitrogens with two attached hydrogens (primary N) is 1. The molecule has 1 aliphatic rings. The lowest BCUT2D eigenvalue weighted by molar-refractivity contribution is -0.384. The number of hydrogen-bond donors (Lipinski definition) is 2. The zero-order valence-electron chi connectivity index (χ0n) is 10.1. The Bertz CT molecular complexity index is 431. The van der Waals surface area contributed by atoms with Crippen LogP contribution in [0.1, 0.15) is 12.8 Å². The van der Waals surface area contributed by atoms with Crippen molar-refractivity contribution >= 4 is 17.3 Å². The zero-order chi connectivity index (χ0) is 13.0. The molecule has 7 nitrogen and oxygen atoms in total. The van der Waals surface area contributed by atoms with Crippen LogP contribution < -0.4 is 11.1 Å². The molecule has 18 heavy (non-hydrogen) atoms. The molecular formula is C11H17N5O2. The van der Waals surface area contributed by atoms with Gasteiger partial charge in [-0.25, -0.2) is 4.98 Å². The molecule has 1 aliphatic heterocycles. The molecule has 1 fully saturated rings. The second kappa shape index (κ2) is 5.63. The molecule has 2 rings (SSSR count). The van der Waals surface area contributed by atoms with Gasteiger partial charge < -0.3 is 16.0 Å². The Morgan fingerprint density at radius 1 is 1.44 bits per heavy atom. The molecule has 0 spiro atoms. The Morgan fingerprint density at radius 2 is 2.17 bits per heavy atom. The molecule has 2 heterocycles. The molecule has 0 amide bonds. The molecule has 3 N–H and O–H groups in total. The Morgan fingerprint density at radius 3 is 2.78 bits per heavy atom. The van der Waals surface area contributed by atoms with Gasteiger partial charge >= 0.3 is 5.69 Å². The Kier molecular flexibility index (Phi) is 3.93. The second-order valence-electron chi connectivity index (χ2n) is 4.33. The molecule has 0 aliphatic carbocycles. The van der Waals surface area contributed by atoms with Gasteiger partial charge in [-0.1, -0.05) is 0 Å². The smallest absolute Gasteiger partial charge is 0.311 e. The van der Waals surface area contributed by atoms with Gasteiger partial charge in [0.25, 0.3) is 0 Å². The summed E-state index contributed by atoms with van der Waals surface area (Å²) in [5.41, 5.74) is 5.36. The molecular weight excluding hydrogens is 234 g/mol. The van der Waals surface area contributed by atoms with E-state index >= 15 is 0 Å². The van der Waals surface area contributed by atoms with E-state index in [4.69, 9.17) is 5.73 Å². The number of anilines is 2. The summed E-state index contributed by atoms with van der Waals surface area (Å²) in [5, 5.41) is 13.7. The number of likely N-dealkylation sites (tertiary alicyclic amines) is 1. The van der Waals surface area contributed by atoms with E-state index in [0.29, 0.717) is 5.82 Å². The highest BCUT2D eigenvalue weighted by Crippen LogP contribution is 2.20. The van der Waals surface area contributed by atoms with Crippen molar-refractivity contribution in [2.75, 3.05) is 37.2 Å². The van der Waals surface area contributed by atoms with Gasteiger partial charge in [-0.15, -0.1) is 0 Å². The molecule has 0 atom stereocenters. The van der Waals surface area contributed by atoms with Crippen molar-refractivity contribution in [2.24, 2.45) is 0 Å². The zero-order valence-corrected chi connectivity index (χ0v) is 10.1. The van der Waals surface area contributed by atoms with E-state index in [1.165, 1.54) is 18.9 Å². The fourth-order valence-corrected chi connectivity index (χ4v) is 2.07. The minimum absolute atomic E-state index is 0.0498. The van der Waals surface area contributed by atoms with E-state index < -0.39 is 4.92 Å². The number of aromatic nitrogens is 1. The lowest BCUT2D eigenvalue weighted by Gasteiger charge is -2.14. The van der Waals surface area contributed by atoms with E-state index in [9.17, 15) is 10.1 Å². The van der Waals surface area contributed by atoms with Gasteiger partial charge in [-0.2, -0.15) is 0 Å². The van der Waals surface area contributed by atoms with Crippen LogP contribution in [0.15, 0.2) is 12.1 Å². The third-order valence-electron chi connectivity index (χ3n) is 3.03. The molecule has 0 unspecified atom stereocenters. The quantitative estimate of drug-likeness (QED) is 0.600. The summed E-state index contributed by atoms with van der Waals surface area (Å²) >= 11 is 0. The summed E-state index contributed by atoms with van der Waals surface area (Å²) in [4.78, 5) is 16.4. The van der Waals surface area contributed by atoms with E-state index in [1.54, 1.807) is 6.07 Å². The van der Waals surface area contributed by atoms with Gasteiger partial charge in [0.2, 0.25) is 5.82 Å². The molecule has 0 radical (unpaired) electrons. The average molecular weight is 251 g/mol. The van der Waals surface area contributed by atoms with Crippen molar-refractivity contribution < 1.29 is 4.92 Å². The van der Waals surface area contributed by atoms with Crippen LogP contribution in [0.3, 0.4) is 0 Å². The Hall–Kier alpha value is -1.89. The van der Waals surface area contributed by atoms with Gasteiger partial charge in [0.1, 0.15) is 5.82 Å². The van der Waals surface area contributed by atoms with Crippen molar-refractivity contribution in [2.45, 2.75) is 12.8 Å². The van der Waals surface area contributed by atoms with Crippen molar-refractivity contribution in [3.63, 3.8) is 0 Å².